The molecule has 1 heterocycles. The van der Waals surface area contributed by atoms with Crippen molar-refractivity contribution < 1.29 is 4.79 Å². The first-order chi connectivity index (χ1) is 14.1. The number of carbonyl (C=O) groups is 1. The first-order valence-electron chi connectivity index (χ1n) is 11.4. The largest absolute Gasteiger partial charge is 0.347 e. The zero-order chi connectivity index (χ0) is 20.6. The molecule has 1 atom stereocenters. The van der Waals surface area contributed by atoms with E-state index in [4.69, 9.17) is 4.99 Å². The molecular formula is C24H38ClN3OS. The molecule has 0 aromatic heterocycles. The molecule has 1 aromatic carbocycles. The Hall–Kier alpha value is -1.20. The molecule has 1 saturated heterocycles. The van der Waals surface area contributed by atoms with Crippen LogP contribution in [0.4, 0.5) is 5.69 Å². The molecule has 1 aromatic rings. The number of unbranched alkanes of at least 4 members (excludes halogenated alkanes) is 1. The van der Waals surface area contributed by atoms with Crippen molar-refractivity contribution in [1.82, 2.24) is 4.90 Å². The lowest BCUT2D eigenvalue weighted by atomic mass is 9.96. The molecule has 6 heteroatoms. The summed E-state index contributed by atoms with van der Waals surface area (Å²) in [5.74, 6) is 1.58. The van der Waals surface area contributed by atoms with E-state index in [2.05, 4.69) is 43.1 Å². The van der Waals surface area contributed by atoms with Crippen molar-refractivity contribution in [2.75, 3.05) is 17.6 Å². The molecular weight excluding hydrogens is 414 g/mol. The van der Waals surface area contributed by atoms with Gasteiger partial charge in [-0.15, -0.1) is 12.4 Å². The molecule has 0 bridgehead atoms. The van der Waals surface area contributed by atoms with E-state index < -0.39 is 0 Å². The van der Waals surface area contributed by atoms with E-state index in [1.54, 1.807) is 0 Å². The molecule has 0 radical (unpaired) electrons. The number of amidine groups is 1. The molecule has 168 valence electrons. The lowest BCUT2D eigenvalue weighted by Gasteiger charge is -2.27. The number of rotatable bonds is 8. The molecule has 2 fully saturated rings. The van der Waals surface area contributed by atoms with Gasteiger partial charge in [0.25, 0.3) is 0 Å². The van der Waals surface area contributed by atoms with Crippen molar-refractivity contribution >= 4 is 40.9 Å². The fourth-order valence-electron chi connectivity index (χ4n) is 4.13. The van der Waals surface area contributed by atoms with Gasteiger partial charge in [-0.2, -0.15) is 0 Å². The van der Waals surface area contributed by atoms with E-state index in [-0.39, 0.29) is 24.4 Å². The van der Waals surface area contributed by atoms with Crippen molar-refractivity contribution in [2.45, 2.75) is 90.1 Å². The minimum Gasteiger partial charge on any atom is -0.347 e. The topological polar surface area (TPSA) is 44.7 Å². The monoisotopic (exact) mass is 451 g/mol. The van der Waals surface area contributed by atoms with Gasteiger partial charge in [0.2, 0.25) is 5.91 Å². The van der Waals surface area contributed by atoms with Crippen LogP contribution in [-0.4, -0.2) is 40.4 Å². The van der Waals surface area contributed by atoms with E-state index in [9.17, 15) is 4.79 Å². The van der Waals surface area contributed by atoms with Crippen molar-refractivity contribution in [2.24, 2.45) is 4.99 Å². The number of nitrogens with zero attached hydrogens (tertiary/aromatic N) is 2. The first-order valence-corrected chi connectivity index (χ1v) is 12.4. The smallest absolute Gasteiger partial charge is 0.226 e. The summed E-state index contributed by atoms with van der Waals surface area (Å²) in [6.45, 7) is 7.60. The second-order valence-corrected chi connectivity index (χ2v) is 9.73. The number of amides is 1. The van der Waals surface area contributed by atoms with E-state index in [1.807, 2.05) is 23.9 Å². The SMILES string of the molecule is CCCCN1/C(=N/C2CCCCC2)SCC1CC(=O)Nc1ccc(C(C)C)cc1.Cl. The molecule has 1 aliphatic heterocycles. The summed E-state index contributed by atoms with van der Waals surface area (Å²) in [5, 5.41) is 4.28. The third kappa shape index (κ3) is 7.19. The molecule has 0 spiro atoms. The van der Waals surface area contributed by atoms with Crippen LogP contribution in [0.2, 0.25) is 0 Å². The zero-order valence-corrected chi connectivity index (χ0v) is 20.4. The van der Waals surface area contributed by atoms with Gasteiger partial charge >= 0.3 is 0 Å². The molecule has 4 nitrogen and oxygen atoms in total. The number of hydrogen-bond donors (Lipinski definition) is 1. The van der Waals surface area contributed by atoms with E-state index in [0.717, 1.165) is 24.4 Å². The summed E-state index contributed by atoms with van der Waals surface area (Å²) in [5.41, 5.74) is 2.19. The van der Waals surface area contributed by atoms with Gasteiger partial charge in [-0.1, -0.05) is 70.3 Å². The highest BCUT2D eigenvalue weighted by Gasteiger charge is 2.32. The normalized spacial score (nSPS) is 21.1. The molecule has 1 saturated carbocycles. The Morgan fingerprint density at radius 2 is 1.90 bits per heavy atom. The molecule has 30 heavy (non-hydrogen) atoms. The molecule has 1 unspecified atom stereocenters. The Kier molecular flexibility index (Phi) is 10.5. The van der Waals surface area contributed by atoms with Gasteiger partial charge in [-0.3, -0.25) is 9.79 Å². The van der Waals surface area contributed by atoms with Crippen LogP contribution in [0.1, 0.15) is 83.6 Å². The minimum atomic E-state index is 0. The number of benzene rings is 1. The van der Waals surface area contributed by atoms with Gasteiger partial charge in [-0.25, -0.2) is 0 Å². The van der Waals surface area contributed by atoms with Gasteiger partial charge in [0.15, 0.2) is 5.17 Å². The van der Waals surface area contributed by atoms with E-state index in [1.165, 1.54) is 49.3 Å². The van der Waals surface area contributed by atoms with Crippen LogP contribution >= 0.6 is 24.2 Å². The van der Waals surface area contributed by atoms with Crippen molar-refractivity contribution in [1.29, 1.82) is 0 Å². The van der Waals surface area contributed by atoms with Crippen LogP contribution in [0, 0.1) is 0 Å². The maximum absolute atomic E-state index is 12.7. The Bertz CT molecular complexity index is 686. The average Bonchev–Trinajstić information content (AvgIpc) is 3.08. The molecule has 1 amide bonds. The zero-order valence-electron chi connectivity index (χ0n) is 18.7. The fourth-order valence-corrected chi connectivity index (χ4v) is 5.40. The summed E-state index contributed by atoms with van der Waals surface area (Å²) in [6.07, 6.45) is 9.27. The third-order valence-corrected chi connectivity index (χ3v) is 7.14. The number of carbonyl (C=O) groups excluding carboxylic acids is 1. The summed E-state index contributed by atoms with van der Waals surface area (Å²) in [4.78, 5) is 20.2. The van der Waals surface area contributed by atoms with Gasteiger partial charge in [0.1, 0.15) is 0 Å². The highest BCUT2D eigenvalue weighted by atomic mass is 35.5. The van der Waals surface area contributed by atoms with Crippen molar-refractivity contribution in [3.05, 3.63) is 29.8 Å². The Balaban J connectivity index is 0.00000320. The second kappa shape index (κ2) is 12.6. The third-order valence-electron chi connectivity index (χ3n) is 5.99. The van der Waals surface area contributed by atoms with Gasteiger partial charge in [0.05, 0.1) is 6.04 Å². The number of thioether (sulfide) groups is 1. The van der Waals surface area contributed by atoms with Crippen LogP contribution in [-0.2, 0) is 4.79 Å². The van der Waals surface area contributed by atoms with Crippen molar-refractivity contribution in [3.8, 4) is 0 Å². The maximum Gasteiger partial charge on any atom is 0.226 e. The number of nitrogens with one attached hydrogen (secondary N) is 1. The van der Waals surface area contributed by atoms with Gasteiger partial charge in [-0.05, 0) is 42.9 Å². The number of anilines is 1. The predicted molar refractivity (Wildman–Crippen MR) is 133 cm³/mol. The number of hydrogen-bond acceptors (Lipinski definition) is 3. The Morgan fingerprint density at radius 3 is 2.53 bits per heavy atom. The minimum absolute atomic E-state index is 0. The molecule has 2 aliphatic rings. The number of aliphatic imine (C=N–C) groups is 1. The van der Waals surface area contributed by atoms with Crippen LogP contribution in [0.3, 0.4) is 0 Å². The quantitative estimate of drug-likeness (QED) is 0.492. The molecule has 1 aliphatic carbocycles. The summed E-state index contributed by atoms with van der Waals surface area (Å²) in [6, 6.07) is 8.98. The summed E-state index contributed by atoms with van der Waals surface area (Å²) in [7, 11) is 0. The molecule has 1 N–H and O–H groups in total. The summed E-state index contributed by atoms with van der Waals surface area (Å²) < 4.78 is 0. The van der Waals surface area contributed by atoms with E-state index in [0.29, 0.717) is 18.4 Å². The van der Waals surface area contributed by atoms with Crippen molar-refractivity contribution in [3.63, 3.8) is 0 Å². The highest BCUT2D eigenvalue weighted by molar-refractivity contribution is 8.14. The average molecular weight is 452 g/mol. The highest BCUT2D eigenvalue weighted by Crippen LogP contribution is 2.30. The predicted octanol–water partition coefficient (Wildman–Crippen LogP) is 6.47. The lowest BCUT2D eigenvalue weighted by molar-refractivity contribution is -0.116. The second-order valence-electron chi connectivity index (χ2n) is 8.74. The fraction of sp³-hybridized carbons (Fsp3) is 0.667. The Labute approximate surface area is 193 Å². The maximum atomic E-state index is 12.7. The van der Waals surface area contributed by atoms with Crippen LogP contribution in [0.25, 0.3) is 0 Å². The van der Waals surface area contributed by atoms with Gasteiger partial charge < -0.3 is 10.2 Å². The number of halogens is 1. The summed E-state index contributed by atoms with van der Waals surface area (Å²) >= 11 is 1.85. The standard InChI is InChI=1S/C24H37N3OS.ClH/c1-4-5-15-27-22(17-29-24(27)26-20-9-7-6-8-10-20)16-23(28)25-21-13-11-19(12-14-21)18(2)3;/h11-14,18,20,22H,4-10,15-17H2,1-3H3,(H,25,28);1H/b26-24-;. The van der Waals surface area contributed by atoms with Crippen LogP contribution in [0.15, 0.2) is 29.3 Å². The van der Waals surface area contributed by atoms with E-state index >= 15 is 0 Å². The molecule has 3 rings (SSSR count). The Morgan fingerprint density at radius 1 is 1.20 bits per heavy atom. The van der Waals surface area contributed by atoms with Gasteiger partial charge in [0, 0.05) is 30.4 Å². The van der Waals surface area contributed by atoms with Crippen LogP contribution in [0.5, 0.6) is 0 Å². The first kappa shape index (κ1) is 25.1. The van der Waals surface area contributed by atoms with Crippen LogP contribution < -0.4 is 5.32 Å². The lowest BCUT2D eigenvalue weighted by Crippen LogP contribution is -2.38.